The van der Waals surface area contributed by atoms with Gasteiger partial charge in [0, 0.05) is 25.4 Å². The second-order valence-corrected chi connectivity index (χ2v) is 7.47. The summed E-state index contributed by atoms with van der Waals surface area (Å²) in [5, 5.41) is -0.528. The van der Waals surface area contributed by atoms with Crippen molar-refractivity contribution in [3.8, 4) is 0 Å². The lowest BCUT2D eigenvalue weighted by Gasteiger charge is -2.37. The molecule has 0 aromatic rings. The monoisotopic (exact) mass is 302 g/mol. The molecule has 0 aromatic heterocycles. The zero-order valence-corrected chi connectivity index (χ0v) is 11.8. The van der Waals surface area contributed by atoms with Gasteiger partial charge in [-0.1, -0.05) is 6.42 Å². The molecule has 0 amide bonds. The molecule has 1 aliphatic carbocycles. The summed E-state index contributed by atoms with van der Waals surface area (Å²) in [4.78, 5) is 1.28. The van der Waals surface area contributed by atoms with Crippen LogP contribution in [0.2, 0.25) is 0 Å². The Morgan fingerprint density at radius 3 is 2.42 bits per heavy atom. The van der Waals surface area contributed by atoms with Gasteiger partial charge in [0.2, 0.25) is 0 Å². The Balaban J connectivity index is 2.73. The van der Waals surface area contributed by atoms with E-state index in [1.165, 1.54) is 4.90 Å². The minimum Gasteiger partial charge on any atom is -0.329 e. The molecule has 1 fully saturated rings. The number of nitrogens with zero attached hydrogens (tertiary/aromatic N) is 1. The zero-order chi connectivity index (χ0) is 14.7. The summed E-state index contributed by atoms with van der Waals surface area (Å²) in [6.07, 6.45) is -1.08. The van der Waals surface area contributed by atoms with Crippen LogP contribution in [0.25, 0.3) is 0 Å². The van der Waals surface area contributed by atoms with Gasteiger partial charge in [0.15, 0.2) is 0 Å². The van der Waals surface area contributed by atoms with E-state index in [-0.39, 0.29) is 25.6 Å². The number of hydrogen-bond acceptors (Lipinski definition) is 4. The third-order valence-electron chi connectivity index (χ3n) is 3.52. The first-order chi connectivity index (χ1) is 8.63. The summed E-state index contributed by atoms with van der Waals surface area (Å²) in [6, 6.07) is -0.348. The van der Waals surface area contributed by atoms with Gasteiger partial charge < -0.3 is 5.73 Å². The molecule has 2 N–H and O–H groups in total. The molecule has 1 rings (SSSR count). The van der Waals surface area contributed by atoms with Gasteiger partial charge in [-0.05, 0) is 19.3 Å². The molecule has 0 spiro atoms. The lowest BCUT2D eigenvalue weighted by atomic mass is 9.93. The van der Waals surface area contributed by atoms with Crippen molar-refractivity contribution in [2.24, 2.45) is 5.73 Å². The van der Waals surface area contributed by atoms with Crippen LogP contribution >= 0.6 is 0 Å². The van der Waals surface area contributed by atoms with Crippen molar-refractivity contribution < 1.29 is 21.6 Å². The van der Waals surface area contributed by atoms with Crippen LogP contribution < -0.4 is 5.73 Å². The first-order valence-corrected chi connectivity index (χ1v) is 8.28. The molecule has 114 valence electrons. The molecular weight excluding hydrogens is 281 g/mol. The molecule has 1 saturated carbocycles. The van der Waals surface area contributed by atoms with Gasteiger partial charge in [0.05, 0.1) is 11.8 Å². The van der Waals surface area contributed by atoms with Gasteiger partial charge in [-0.3, -0.25) is 4.90 Å². The number of nitrogens with two attached hydrogens (primary N) is 1. The predicted molar refractivity (Wildman–Crippen MR) is 67.6 cm³/mol. The first kappa shape index (κ1) is 16.7. The van der Waals surface area contributed by atoms with E-state index >= 15 is 0 Å². The predicted octanol–water partition coefficient (Wildman–Crippen LogP) is 1.17. The quantitative estimate of drug-likeness (QED) is 0.828. The third-order valence-corrected chi connectivity index (χ3v) is 5.16. The molecule has 8 heteroatoms. The van der Waals surface area contributed by atoms with Crippen LogP contribution in [0.15, 0.2) is 0 Å². The molecule has 2 atom stereocenters. The van der Waals surface area contributed by atoms with E-state index in [0.717, 1.165) is 6.26 Å². The molecule has 19 heavy (non-hydrogen) atoms. The summed E-state index contributed by atoms with van der Waals surface area (Å²) in [5.41, 5.74) is 5.35. The van der Waals surface area contributed by atoms with Crippen molar-refractivity contribution in [3.63, 3.8) is 0 Å². The average molecular weight is 302 g/mol. The maximum atomic E-state index is 12.5. The maximum Gasteiger partial charge on any atom is 0.401 e. The highest BCUT2D eigenvalue weighted by Crippen LogP contribution is 2.29. The molecular formula is C11H21F3N2O2S. The molecule has 4 nitrogen and oxygen atoms in total. The van der Waals surface area contributed by atoms with Crippen molar-refractivity contribution in [3.05, 3.63) is 0 Å². The third kappa shape index (κ3) is 5.66. The lowest BCUT2D eigenvalue weighted by molar-refractivity contribution is -0.151. The molecule has 0 aromatic carbocycles. The van der Waals surface area contributed by atoms with E-state index in [0.29, 0.717) is 19.3 Å². The van der Waals surface area contributed by atoms with Crippen molar-refractivity contribution >= 4 is 9.84 Å². The van der Waals surface area contributed by atoms with E-state index in [4.69, 9.17) is 5.73 Å². The molecule has 0 radical (unpaired) electrons. The largest absolute Gasteiger partial charge is 0.401 e. The van der Waals surface area contributed by atoms with Crippen LogP contribution in [0.1, 0.15) is 25.7 Å². The van der Waals surface area contributed by atoms with Gasteiger partial charge in [0.25, 0.3) is 0 Å². The molecule has 0 saturated heterocycles. The first-order valence-electron chi connectivity index (χ1n) is 6.33. The minimum absolute atomic E-state index is 0.135. The fraction of sp³-hybridized carbons (Fsp3) is 1.00. The van der Waals surface area contributed by atoms with Crippen LogP contribution in [0.5, 0.6) is 0 Å². The van der Waals surface area contributed by atoms with Gasteiger partial charge in [0.1, 0.15) is 9.84 Å². The zero-order valence-electron chi connectivity index (χ0n) is 11.0. The lowest BCUT2D eigenvalue weighted by Crippen LogP contribution is -2.47. The average Bonchev–Trinajstić information content (AvgIpc) is 2.26. The minimum atomic E-state index is -4.28. The normalized spacial score (nSPS) is 25.8. The Morgan fingerprint density at radius 2 is 1.95 bits per heavy atom. The van der Waals surface area contributed by atoms with E-state index in [1.807, 2.05) is 0 Å². The van der Waals surface area contributed by atoms with Gasteiger partial charge in [-0.25, -0.2) is 8.42 Å². The highest BCUT2D eigenvalue weighted by molar-refractivity contribution is 7.91. The molecule has 0 heterocycles. The fourth-order valence-corrected chi connectivity index (χ4v) is 3.79. The Hall–Kier alpha value is -0.340. The van der Waals surface area contributed by atoms with Crippen molar-refractivity contribution in [2.45, 2.75) is 43.2 Å². The van der Waals surface area contributed by atoms with Crippen LogP contribution in [-0.4, -0.2) is 56.7 Å². The van der Waals surface area contributed by atoms with E-state index in [2.05, 4.69) is 0 Å². The summed E-state index contributed by atoms with van der Waals surface area (Å²) in [5.74, 6) is 0. The fourth-order valence-electron chi connectivity index (χ4n) is 2.63. The number of sulfone groups is 1. The van der Waals surface area contributed by atoms with Crippen molar-refractivity contribution in [2.75, 3.05) is 25.9 Å². The summed E-state index contributed by atoms with van der Waals surface area (Å²) in [7, 11) is -3.19. The van der Waals surface area contributed by atoms with Gasteiger partial charge in [-0.2, -0.15) is 13.2 Å². The number of rotatable bonds is 5. The Labute approximate surface area is 112 Å². The number of hydrogen-bond donors (Lipinski definition) is 1. The van der Waals surface area contributed by atoms with E-state index in [1.54, 1.807) is 0 Å². The Morgan fingerprint density at radius 1 is 1.32 bits per heavy atom. The topological polar surface area (TPSA) is 63.4 Å². The van der Waals surface area contributed by atoms with Gasteiger partial charge >= 0.3 is 6.18 Å². The molecule has 2 unspecified atom stereocenters. The molecule has 0 aliphatic heterocycles. The maximum absolute atomic E-state index is 12.5. The van der Waals surface area contributed by atoms with Gasteiger partial charge in [-0.15, -0.1) is 0 Å². The smallest absolute Gasteiger partial charge is 0.329 e. The summed E-state index contributed by atoms with van der Waals surface area (Å²) < 4.78 is 60.6. The van der Waals surface area contributed by atoms with E-state index in [9.17, 15) is 21.6 Å². The van der Waals surface area contributed by atoms with Crippen LogP contribution in [0, 0.1) is 0 Å². The van der Waals surface area contributed by atoms with Crippen LogP contribution in [-0.2, 0) is 9.84 Å². The highest BCUT2D eigenvalue weighted by atomic mass is 32.2. The summed E-state index contributed by atoms with van der Waals surface area (Å²) in [6.45, 7) is -0.748. The Kier molecular flexibility index (Phi) is 5.64. The molecule has 0 bridgehead atoms. The SMILES string of the molecule is CS(=O)(=O)C1CCCC(N(CCN)CC(F)(F)F)C1. The van der Waals surface area contributed by atoms with Crippen LogP contribution in [0.3, 0.4) is 0 Å². The second-order valence-electron chi connectivity index (χ2n) is 5.15. The van der Waals surface area contributed by atoms with Crippen molar-refractivity contribution in [1.29, 1.82) is 0 Å². The number of halogens is 3. The molecule has 1 aliphatic rings. The van der Waals surface area contributed by atoms with Crippen LogP contribution in [0.4, 0.5) is 13.2 Å². The highest BCUT2D eigenvalue weighted by Gasteiger charge is 2.37. The second kappa shape index (κ2) is 6.41. The standard InChI is InChI=1S/C11H21F3N2O2S/c1-19(17,18)10-4-2-3-9(7-10)16(6-5-15)8-11(12,13)14/h9-10H,2-8,15H2,1H3. The summed E-state index contributed by atoms with van der Waals surface area (Å²) >= 11 is 0. The van der Waals surface area contributed by atoms with Crippen molar-refractivity contribution in [1.82, 2.24) is 4.90 Å². The van der Waals surface area contributed by atoms with E-state index < -0.39 is 27.8 Å². The Bertz CT molecular complexity index is 384. The number of alkyl halides is 3.